The van der Waals surface area contributed by atoms with Crippen molar-refractivity contribution in [1.29, 1.82) is 0 Å². The predicted molar refractivity (Wildman–Crippen MR) is 73.6 cm³/mol. The molecule has 0 atom stereocenters. The number of pyridine rings is 1. The Kier molecular flexibility index (Phi) is 4.82. The van der Waals surface area contributed by atoms with Gasteiger partial charge < -0.3 is 10.4 Å². The molecule has 2 rings (SSSR count). The van der Waals surface area contributed by atoms with E-state index in [1.807, 2.05) is 12.1 Å². The maximum absolute atomic E-state index is 13.3. The summed E-state index contributed by atoms with van der Waals surface area (Å²) in [6.45, 7) is 0.108. The van der Waals surface area contributed by atoms with E-state index in [2.05, 4.69) is 22.1 Å². The predicted octanol–water partition coefficient (Wildman–Crippen LogP) is 1.56. The number of nitrogens with zero attached hydrogens (tertiary/aromatic N) is 1. The molecule has 4 nitrogen and oxygen atoms in total. The van der Waals surface area contributed by atoms with E-state index in [1.54, 1.807) is 0 Å². The highest BCUT2D eigenvalue weighted by molar-refractivity contribution is 7.12. The Labute approximate surface area is 119 Å². The number of hydrogen-bond acceptors (Lipinski definition) is 4. The zero-order valence-corrected chi connectivity index (χ0v) is 11.2. The molecule has 0 bridgehead atoms. The highest BCUT2D eigenvalue weighted by atomic mass is 32.1. The molecule has 0 unspecified atom stereocenters. The van der Waals surface area contributed by atoms with Gasteiger partial charge in [0, 0.05) is 11.1 Å². The fourth-order valence-corrected chi connectivity index (χ4v) is 2.31. The van der Waals surface area contributed by atoms with Gasteiger partial charge in [-0.2, -0.15) is 0 Å². The summed E-state index contributed by atoms with van der Waals surface area (Å²) in [5, 5.41) is 11.2. The summed E-state index contributed by atoms with van der Waals surface area (Å²) in [5.74, 6) is 4.20. The van der Waals surface area contributed by atoms with Crippen LogP contribution in [0, 0.1) is 17.7 Å². The summed E-state index contributed by atoms with van der Waals surface area (Å²) in [7, 11) is 0. The average molecular weight is 290 g/mol. The first kappa shape index (κ1) is 14.2. The molecule has 2 N–H and O–H groups in total. The van der Waals surface area contributed by atoms with Crippen LogP contribution in [0.1, 0.15) is 20.1 Å². The van der Waals surface area contributed by atoms with Gasteiger partial charge in [-0.15, -0.1) is 11.3 Å². The van der Waals surface area contributed by atoms with Crippen LogP contribution in [0.4, 0.5) is 4.39 Å². The van der Waals surface area contributed by atoms with Crippen LogP contribution in [0.25, 0.3) is 0 Å². The molecule has 102 valence electrons. The third-order valence-electron chi connectivity index (χ3n) is 2.39. The number of nitrogens with one attached hydrogen (secondary N) is 1. The lowest BCUT2D eigenvalue weighted by Gasteiger charge is -2.03. The van der Waals surface area contributed by atoms with Crippen LogP contribution >= 0.6 is 11.3 Å². The number of rotatable bonds is 3. The van der Waals surface area contributed by atoms with Crippen molar-refractivity contribution in [2.45, 2.75) is 6.54 Å². The second kappa shape index (κ2) is 6.80. The van der Waals surface area contributed by atoms with Gasteiger partial charge in [0.05, 0.1) is 23.2 Å². The molecule has 2 aromatic heterocycles. The Hall–Kier alpha value is -2.23. The van der Waals surface area contributed by atoms with Crippen LogP contribution in [0.2, 0.25) is 0 Å². The molecule has 2 heterocycles. The van der Waals surface area contributed by atoms with E-state index in [-0.39, 0.29) is 12.2 Å². The van der Waals surface area contributed by atoms with Gasteiger partial charge in [-0.3, -0.25) is 9.78 Å². The molecule has 0 saturated heterocycles. The van der Waals surface area contributed by atoms with E-state index in [1.165, 1.54) is 23.6 Å². The molecule has 0 fully saturated rings. The fourth-order valence-electron chi connectivity index (χ4n) is 1.49. The van der Waals surface area contributed by atoms with Crippen molar-refractivity contribution in [3.05, 3.63) is 51.7 Å². The van der Waals surface area contributed by atoms with Gasteiger partial charge in [-0.05, 0) is 18.2 Å². The minimum absolute atomic E-state index is 0.0307. The van der Waals surface area contributed by atoms with E-state index in [9.17, 15) is 9.18 Å². The van der Waals surface area contributed by atoms with E-state index in [0.29, 0.717) is 6.54 Å². The van der Waals surface area contributed by atoms with E-state index in [4.69, 9.17) is 5.11 Å². The quantitative estimate of drug-likeness (QED) is 0.843. The first-order valence-corrected chi connectivity index (χ1v) is 6.58. The molecule has 0 aliphatic heterocycles. The van der Waals surface area contributed by atoms with Crippen molar-refractivity contribution in [2.75, 3.05) is 6.61 Å². The van der Waals surface area contributed by atoms with Crippen LogP contribution in [0.15, 0.2) is 30.6 Å². The smallest absolute Gasteiger partial charge is 0.254 e. The molecule has 2 aromatic rings. The lowest BCUT2D eigenvalue weighted by molar-refractivity contribution is 0.0947. The molecule has 0 spiro atoms. The van der Waals surface area contributed by atoms with Crippen molar-refractivity contribution in [3.8, 4) is 11.8 Å². The van der Waals surface area contributed by atoms with Crippen molar-refractivity contribution in [2.24, 2.45) is 0 Å². The summed E-state index contributed by atoms with van der Waals surface area (Å²) in [6.07, 6.45) is 2.37. The highest BCUT2D eigenvalue weighted by Gasteiger charge is 2.11. The van der Waals surface area contributed by atoms with Crippen LogP contribution in [0.5, 0.6) is 0 Å². The van der Waals surface area contributed by atoms with Gasteiger partial charge in [0.15, 0.2) is 5.82 Å². The minimum Gasteiger partial charge on any atom is -0.384 e. The Morgan fingerprint density at radius 3 is 3.05 bits per heavy atom. The summed E-state index contributed by atoms with van der Waals surface area (Å²) >= 11 is 1.41. The number of amides is 1. The molecule has 20 heavy (non-hydrogen) atoms. The van der Waals surface area contributed by atoms with Crippen LogP contribution in [-0.4, -0.2) is 22.6 Å². The lowest BCUT2D eigenvalue weighted by atomic mass is 10.2. The van der Waals surface area contributed by atoms with Gasteiger partial charge in [0.1, 0.15) is 6.61 Å². The molecular weight excluding hydrogens is 279 g/mol. The van der Waals surface area contributed by atoms with Gasteiger partial charge in [0.25, 0.3) is 5.91 Å². The van der Waals surface area contributed by atoms with Gasteiger partial charge >= 0.3 is 0 Å². The number of halogens is 1. The number of thiophene rings is 1. The van der Waals surface area contributed by atoms with Crippen LogP contribution in [-0.2, 0) is 6.54 Å². The number of aliphatic hydroxyl groups is 1. The number of aliphatic hydroxyl groups excluding tert-OH is 1. The molecule has 0 saturated carbocycles. The molecular formula is C14H11FN2O2S. The van der Waals surface area contributed by atoms with Crippen molar-refractivity contribution >= 4 is 17.2 Å². The SMILES string of the molecule is O=C(NCc1ccc(C#CCO)s1)c1ccncc1F. The molecule has 0 aromatic carbocycles. The second-order valence-electron chi connectivity index (χ2n) is 3.76. The summed E-state index contributed by atoms with van der Waals surface area (Å²) in [6, 6.07) is 4.97. The van der Waals surface area contributed by atoms with Crippen LogP contribution in [0.3, 0.4) is 0 Å². The number of aromatic nitrogens is 1. The zero-order valence-electron chi connectivity index (χ0n) is 10.4. The Morgan fingerprint density at radius 1 is 1.45 bits per heavy atom. The van der Waals surface area contributed by atoms with Crippen molar-refractivity contribution in [3.63, 3.8) is 0 Å². The number of carbonyl (C=O) groups excluding carboxylic acids is 1. The molecule has 0 aliphatic rings. The summed E-state index contributed by atoms with van der Waals surface area (Å²) in [4.78, 5) is 17.1. The Bertz CT molecular complexity index is 673. The van der Waals surface area contributed by atoms with E-state index in [0.717, 1.165) is 16.0 Å². The Morgan fingerprint density at radius 2 is 2.30 bits per heavy atom. The van der Waals surface area contributed by atoms with Gasteiger partial charge in [-0.1, -0.05) is 11.8 Å². The van der Waals surface area contributed by atoms with Crippen molar-refractivity contribution in [1.82, 2.24) is 10.3 Å². The highest BCUT2D eigenvalue weighted by Crippen LogP contribution is 2.15. The number of hydrogen-bond donors (Lipinski definition) is 2. The topological polar surface area (TPSA) is 62.2 Å². The first-order valence-electron chi connectivity index (χ1n) is 5.77. The standard InChI is InChI=1S/C14H11FN2O2S/c15-13-9-16-6-5-12(13)14(19)17-8-11-4-3-10(20-11)2-1-7-18/h3-6,9,18H,7-8H2,(H,17,19). The normalized spacial score (nSPS) is 9.70. The zero-order chi connectivity index (χ0) is 14.4. The average Bonchev–Trinajstić information content (AvgIpc) is 2.91. The van der Waals surface area contributed by atoms with Crippen molar-refractivity contribution < 1.29 is 14.3 Å². The van der Waals surface area contributed by atoms with Gasteiger partial charge in [-0.25, -0.2) is 4.39 Å². The summed E-state index contributed by atoms with van der Waals surface area (Å²) < 4.78 is 13.3. The van der Waals surface area contributed by atoms with E-state index >= 15 is 0 Å². The Balaban J connectivity index is 1.97. The van der Waals surface area contributed by atoms with Crippen LogP contribution < -0.4 is 5.32 Å². The molecule has 0 aliphatic carbocycles. The number of carbonyl (C=O) groups is 1. The molecule has 1 amide bonds. The third-order valence-corrected chi connectivity index (χ3v) is 3.39. The lowest BCUT2D eigenvalue weighted by Crippen LogP contribution is -2.23. The monoisotopic (exact) mass is 290 g/mol. The third kappa shape index (κ3) is 3.63. The first-order chi connectivity index (χ1) is 9.70. The van der Waals surface area contributed by atoms with Gasteiger partial charge in [0.2, 0.25) is 0 Å². The fraction of sp³-hybridized carbons (Fsp3) is 0.143. The maximum Gasteiger partial charge on any atom is 0.254 e. The summed E-state index contributed by atoms with van der Waals surface area (Å²) in [5.41, 5.74) is -0.0307. The maximum atomic E-state index is 13.3. The minimum atomic E-state index is -0.648. The molecule has 6 heteroatoms. The second-order valence-corrected chi connectivity index (χ2v) is 4.93. The largest absolute Gasteiger partial charge is 0.384 e. The molecule has 0 radical (unpaired) electrons. The van der Waals surface area contributed by atoms with E-state index < -0.39 is 11.7 Å².